The van der Waals surface area contributed by atoms with Gasteiger partial charge >= 0.3 is 11.7 Å². The first kappa shape index (κ1) is 18.9. The van der Waals surface area contributed by atoms with Crippen molar-refractivity contribution in [1.29, 1.82) is 0 Å². The topological polar surface area (TPSA) is 138 Å². The number of rotatable bonds is 6. The minimum absolute atomic E-state index is 0.0557. The van der Waals surface area contributed by atoms with Gasteiger partial charge in [0, 0.05) is 0 Å². The van der Waals surface area contributed by atoms with Gasteiger partial charge in [0.1, 0.15) is 11.8 Å². The molecule has 30 heavy (non-hydrogen) atoms. The average Bonchev–Trinajstić information content (AvgIpc) is 3.18. The maximum atomic E-state index is 12.2. The third kappa shape index (κ3) is 3.39. The zero-order chi connectivity index (χ0) is 21.1. The van der Waals surface area contributed by atoms with Crippen LogP contribution in [-0.4, -0.2) is 42.5 Å². The van der Waals surface area contributed by atoms with E-state index in [1.54, 1.807) is 55.5 Å². The molecule has 150 valence electrons. The third-order valence-corrected chi connectivity index (χ3v) is 4.21. The molecular formula is C19H15N7O4. The first-order chi connectivity index (χ1) is 14.6. The Labute approximate surface area is 169 Å². The molecule has 1 N–H and O–H groups in total. The van der Waals surface area contributed by atoms with Crippen molar-refractivity contribution in [1.82, 2.24) is 25.0 Å². The van der Waals surface area contributed by atoms with E-state index in [1.807, 2.05) is 0 Å². The van der Waals surface area contributed by atoms with Crippen molar-refractivity contribution in [2.75, 3.05) is 11.9 Å². The van der Waals surface area contributed by atoms with E-state index in [9.17, 15) is 14.9 Å². The molecule has 0 bridgehead atoms. The summed E-state index contributed by atoms with van der Waals surface area (Å²) < 4.78 is 6.32. The molecule has 2 aromatic carbocycles. The Kier molecular flexibility index (Phi) is 4.99. The predicted molar refractivity (Wildman–Crippen MR) is 107 cm³/mol. The van der Waals surface area contributed by atoms with Gasteiger partial charge in [0.15, 0.2) is 0 Å². The molecule has 0 amide bonds. The second-order valence-corrected chi connectivity index (χ2v) is 6.03. The quantitative estimate of drug-likeness (QED) is 0.291. The number of nitrogens with zero attached hydrogens (tertiary/aromatic N) is 6. The van der Waals surface area contributed by atoms with Gasteiger partial charge in [-0.3, -0.25) is 10.1 Å². The summed E-state index contributed by atoms with van der Waals surface area (Å²) in [6, 6.07) is 13.5. The van der Waals surface area contributed by atoms with E-state index in [-0.39, 0.29) is 23.8 Å². The average molecular weight is 405 g/mol. The molecule has 4 aromatic rings. The zero-order valence-electron chi connectivity index (χ0n) is 15.7. The molecule has 0 saturated heterocycles. The number of ether oxygens (including phenoxy) is 1. The zero-order valence-corrected chi connectivity index (χ0v) is 15.7. The predicted octanol–water partition coefficient (Wildman–Crippen LogP) is 3.04. The van der Waals surface area contributed by atoms with Gasteiger partial charge in [0.2, 0.25) is 11.6 Å². The van der Waals surface area contributed by atoms with Crippen LogP contribution in [0.25, 0.3) is 16.9 Å². The summed E-state index contributed by atoms with van der Waals surface area (Å²) in [5.74, 6) is -0.707. The van der Waals surface area contributed by atoms with Crippen LogP contribution in [0.3, 0.4) is 0 Å². The van der Waals surface area contributed by atoms with E-state index < -0.39 is 16.6 Å². The lowest BCUT2D eigenvalue weighted by molar-refractivity contribution is -0.384. The Morgan fingerprint density at radius 2 is 1.93 bits per heavy atom. The van der Waals surface area contributed by atoms with Gasteiger partial charge in [-0.2, -0.15) is 4.68 Å². The highest BCUT2D eigenvalue weighted by Gasteiger charge is 2.27. The van der Waals surface area contributed by atoms with Crippen molar-refractivity contribution >= 4 is 34.2 Å². The van der Waals surface area contributed by atoms with Crippen LogP contribution >= 0.6 is 0 Å². The number of nitrogens with one attached hydrogen (secondary N) is 1. The van der Waals surface area contributed by atoms with Crippen LogP contribution in [0.15, 0.2) is 54.9 Å². The number of para-hydroxylation sites is 2. The summed E-state index contributed by atoms with van der Waals surface area (Å²) in [7, 11) is 0. The number of fused-ring (bicyclic) bond motifs is 1. The molecule has 0 spiro atoms. The molecule has 2 heterocycles. The van der Waals surface area contributed by atoms with Crippen molar-refractivity contribution < 1.29 is 14.5 Å². The number of aromatic nitrogens is 5. The molecule has 0 aliphatic rings. The van der Waals surface area contributed by atoms with Crippen molar-refractivity contribution in [2.45, 2.75) is 6.92 Å². The number of hydrogen-bond donors (Lipinski definition) is 1. The minimum Gasteiger partial charge on any atom is -0.462 e. The van der Waals surface area contributed by atoms with Crippen LogP contribution in [0.5, 0.6) is 0 Å². The lowest BCUT2D eigenvalue weighted by Crippen LogP contribution is -2.11. The Morgan fingerprint density at radius 1 is 1.17 bits per heavy atom. The number of hydrogen-bond acceptors (Lipinski definition) is 9. The van der Waals surface area contributed by atoms with E-state index in [0.29, 0.717) is 16.7 Å². The lowest BCUT2D eigenvalue weighted by atomic mass is 10.2. The van der Waals surface area contributed by atoms with Gasteiger partial charge in [0.25, 0.3) is 0 Å². The van der Waals surface area contributed by atoms with Crippen LogP contribution in [-0.2, 0) is 4.74 Å². The van der Waals surface area contributed by atoms with Crippen molar-refractivity contribution in [3.8, 4) is 5.82 Å². The molecule has 11 nitrogen and oxygen atoms in total. The summed E-state index contributed by atoms with van der Waals surface area (Å²) in [5.41, 5.74) is 1.24. The summed E-state index contributed by atoms with van der Waals surface area (Å²) in [6.45, 7) is 1.89. The lowest BCUT2D eigenvalue weighted by Gasteiger charge is -2.12. The number of anilines is 2. The molecule has 0 aliphatic heterocycles. The molecule has 0 aliphatic carbocycles. The van der Waals surface area contributed by atoms with Crippen molar-refractivity contribution in [3.63, 3.8) is 0 Å². The highest BCUT2D eigenvalue weighted by Crippen LogP contribution is 2.32. The third-order valence-electron chi connectivity index (χ3n) is 4.21. The molecule has 11 heteroatoms. The van der Waals surface area contributed by atoms with Gasteiger partial charge in [-0.25, -0.2) is 14.8 Å². The normalized spacial score (nSPS) is 10.7. The van der Waals surface area contributed by atoms with Gasteiger partial charge in [0.05, 0.1) is 28.3 Å². The number of benzene rings is 2. The van der Waals surface area contributed by atoms with Crippen molar-refractivity contribution in [2.24, 2.45) is 0 Å². The second kappa shape index (κ2) is 7.91. The maximum Gasteiger partial charge on any atom is 0.356 e. The van der Waals surface area contributed by atoms with Crippen LogP contribution in [0, 0.1) is 10.1 Å². The Bertz CT molecular complexity index is 1250. The second-order valence-electron chi connectivity index (χ2n) is 6.03. The summed E-state index contributed by atoms with van der Waals surface area (Å²) in [5, 5.41) is 22.8. The van der Waals surface area contributed by atoms with Gasteiger partial charge in [-0.05, 0) is 31.2 Å². The molecule has 4 rings (SSSR count). The Hall–Kier alpha value is -4.41. The Morgan fingerprint density at radius 3 is 2.73 bits per heavy atom. The van der Waals surface area contributed by atoms with Gasteiger partial charge < -0.3 is 10.1 Å². The highest BCUT2D eigenvalue weighted by atomic mass is 16.6. The largest absolute Gasteiger partial charge is 0.462 e. The Balaban J connectivity index is 1.83. The molecule has 2 aromatic heterocycles. The van der Waals surface area contributed by atoms with Gasteiger partial charge in [-0.1, -0.05) is 29.5 Å². The molecule has 0 fully saturated rings. The van der Waals surface area contributed by atoms with Crippen LogP contribution in [0.1, 0.15) is 17.3 Å². The SMILES string of the molecule is CCOC(=O)c1ccccc1Nc1ncnc(-n2nnc3ccccc32)c1[N+](=O)[O-]. The van der Waals surface area contributed by atoms with Crippen LogP contribution in [0.4, 0.5) is 17.2 Å². The molecule has 0 saturated carbocycles. The van der Waals surface area contributed by atoms with E-state index in [2.05, 4.69) is 25.6 Å². The molecule has 0 atom stereocenters. The maximum absolute atomic E-state index is 12.2. The summed E-state index contributed by atoms with van der Waals surface area (Å²) in [6.07, 6.45) is 1.17. The van der Waals surface area contributed by atoms with E-state index in [0.717, 1.165) is 0 Å². The standard InChI is InChI=1S/C19H15N7O4/c1-2-30-19(27)12-7-3-4-8-13(12)22-17-16(26(28)29)18(21-11-20-17)25-15-10-6-5-9-14(15)23-24-25/h3-11H,2H2,1H3,(H,20,21,22). The molecule has 0 unspecified atom stereocenters. The summed E-state index contributed by atoms with van der Waals surface area (Å²) in [4.78, 5) is 31.6. The van der Waals surface area contributed by atoms with Crippen LogP contribution < -0.4 is 5.32 Å². The molecule has 0 radical (unpaired) electrons. The smallest absolute Gasteiger partial charge is 0.356 e. The van der Waals surface area contributed by atoms with E-state index in [1.165, 1.54) is 11.0 Å². The molecular weight excluding hydrogens is 390 g/mol. The number of esters is 1. The minimum atomic E-state index is -0.610. The van der Waals surface area contributed by atoms with E-state index >= 15 is 0 Å². The number of carbonyl (C=O) groups is 1. The number of nitro groups is 1. The van der Waals surface area contributed by atoms with Crippen molar-refractivity contribution in [3.05, 3.63) is 70.5 Å². The fraction of sp³-hybridized carbons (Fsp3) is 0.105. The monoisotopic (exact) mass is 405 g/mol. The van der Waals surface area contributed by atoms with E-state index in [4.69, 9.17) is 4.74 Å². The summed E-state index contributed by atoms with van der Waals surface area (Å²) >= 11 is 0. The fourth-order valence-corrected chi connectivity index (χ4v) is 2.92. The van der Waals surface area contributed by atoms with Crippen LogP contribution in [0.2, 0.25) is 0 Å². The van der Waals surface area contributed by atoms with Gasteiger partial charge in [-0.15, -0.1) is 5.10 Å². The fourth-order valence-electron chi connectivity index (χ4n) is 2.92. The highest BCUT2D eigenvalue weighted by molar-refractivity contribution is 5.96. The first-order valence-corrected chi connectivity index (χ1v) is 8.93. The first-order valence-electron chi connectivity index (χ1n) is 8.93. The number of carbonyl (C=O) groups excluding carboxylic acids is 1.